The molecule has 3 heterocycles. The largest absolute Gasteiger partial charge is 0.497 e. The third-order valence-corrected chi connectivity index (χ3v) is 7.91. The van der Waals surface area contributed by atoms with Crippen LogP contribution in [0, 0.1) is 0 Å². The maximum Gasteiger partial charge on any atom is 0.479 e. The van der Waals surface area contributed by atoms with Crippen molar-refractivity contribution in [2.24, 2.45) is 0 Å². The number of aliphatic hydroxyl groups excluding tert-OH is 1. The van der Waals surface area contributed by atoms with E-state index in [4.69, 9.17) is 34.3 Å². The number of carbonyl (C=O) groups excluding carboxylic acids is 1. The van der Waals surface area contributed by atoms with E-state index in [0.717, 1.165) is 0 Å². The zero-order valence-electron chi connectivity index (χ0n) is 18.8. The number of anilines is 1. The first-order valence-corrected chi connectivity index (χ1v) is 14.4. The average molecular weight is 577 g/mol. The van der Waals surface area contributed by atoms with Crippen LogP contribution < -0.4 is 10.5 Å². The van der Waals surface area contributed by atoms with Gasteiger partial charge in [0.1, 0.15) is 29.8 Å². The van der Waals surface area contributed by atoms with Crippen molar-refractivity contribution in [3.05, 3.63) is 42.5 Å². The fraction of sp³-hybridized carbons (Fsp3) is 0.333. The van der Waals surface area contributed by atoms with Crippen LogP contribution in [-0.2, 0) is 34.7 Å². The summed E-state index contributed by atoms with van der Waals surface area (Å²) in [5, 5.41) is 10.9. The van der Waals surface area contributed by atoms with Crippen LogP contribution in [0.3, 0.4) is 0 Å². The van der Waals surface area contributed by atoms with Crippen LogP contribution in [-0.4, -0.2) is 77.3 Å². The van der Waals surface area contributed by atoms with Gasteiger partial charge in [-0.15, -0.1) is 0 Å². The number of carbonyl (C=O) groups is 1. The molecule has 37 heavy (non-hydrogen) atoms. The zero-order valence-corrected chi connectivity index (χ0v) is 21.4. The molecule has 1 saturated heterocycles. The van der Waals surface area contributed by atoms with Crippen molar-refractivity contribution in [1.29, 1.82) is 0 Å². The van der Waals surface area contributed by atoms with Gasteiger partial charge in [-0.25, -0.2) is 28.6 Å². The molecule has 1 fully saturated rings. The molecule has 5 atom stereocenters. The van der Waals surface area contributed by atoms with Gasteiger partial charge in [-0.3, -0.25) is 9.09 Å². The number of fused-ring (bicyclic) bond motifs is 1. The fourth-order valence-electron chi connectivity index (χ4n) is 3.51. The molecule has 4 rings (SSSR count). The number of phosphoric ester groups is 1. The predicted molar refractivity (Wildman–Crippen MR) is 127 cm³/mol. The standard InChI is InChI=1S/C18H21N5O11P2S/c1-30-10-4-2-9(3-5-10)18(25)33-14-13(24)11(6-31-35(26,27)34-36(28,29)37)32-17(14)23-8-22-12-15(19)20-7-21-16(12)23/h2-5,7-8,11,13-14,17,24H,6H2,1H3,(H,26,27)(H2,19,20,21)(H2,28,29,37)/t11-,13-,14-,17-/m1/s1. The second-order valence-corrected chi connectivity index (χ2v) is 11.8. The van der Waals surface area contributed by atoms with Gasteiger partial charge in [-0.2, -0.15) is 0 Å². The van der Waals surface area contributed by atoms with E-state index in [0.29, 0.717) is 5.75 Å². The van der Waals surface area contributed by atoms with Gasteiger partial charge >= 0.3 is 20.5 Å². The fourth-order valence-corrected chi connectivity index (χ4v) is 5.86. The summed E-state index contributed by atoms with van der Waals surface area (Å²) in [6.07, 6.45) is -3.15. The van der Waals surface area contributed by atoms with Gasteiger partial charge in [-0.05, 0) is 36.1 Å². The first kappa shape index (κ1) is 27.5. The molecule has 0 radical (unpaired) electrons. The van der Waals surface area contributed by atoms with Gasteiger partial charge in [0.15, 0.2) is 23.8 Å². The van der Waals surface area contributed by atoms with Crippen LogP contribution in [0.2, 0.25) is 0 Å². The molecule has 2 aromatic heterocycles. The summed E-state index contributed by atoms with van der Waals surface area (Å²) < 4.78 is 38.6. The molecule has 200 valence electrons. The number of nitrogens with two attached hydrogens (primary N) is 1. The van der Waals surface area contributed by atoms with Crippen molar-refractivity contribution in [2.75, 3.05) is 19.5 Å². The van der Waals surface area contributed by atoms with E-state index in [1.54, 1.807) is 0 Å². The van der Waals surface area contributed by atoms with E-state index in [1.165, 1.54) is 48.6 Å². The number of imidazole rings is 1. The lowest BCUT2D eigenvalue weighted by atomic mass is 10.1. The Kier molecular flexibility index (Phi) is 7.92. The summed E-state index contributed by atoms with van der Waals surface area (Å²) >= 11 is 4.17. The Hall–Kier alpha value is -2.56. The van der Waals surface area contributed by atoms with Crippen molar-refractivity contribution in [3.8, 4) is 5.75 Å². The quantitative estimate of drug-likeness (QED) is 0.169. The number of nitrogens with zero attached hydrogens (tertiary/aromatic N) is 4. The summed E-state index contributed by atoms with van der Waals surface area (Å²) in [6, 6.07) is 5.98. The maximum absolute atomic E-state index is 12.9. The Balaban J connectivity index is 1.61. The second-order valence-electron chi connectivity index (χ2n) is 7.57. The number of aromatic nitrogens is 4. The zero-order chi connectivity index (χ0) is 27.0. The Morgan fingerprint density at radius 3 is 2.57 bits per heavy atom. The van der Waals surface area contributed by atoms with Crippen molar-refractivity contribution in [1.82, 2.24) is 19.5 Å². The number of ether oxygens (including phenoxy) is 3. The SMILES string of the molecule is COc1ccc(C(=O)O[C@@H]2[C@H](O)[C@@H](COP(=O)(O)OP(O)(O)=S)O[C@H]2n2cnc3c(N)ncnc32)cc1. The minimum absolute atomic E-state index is 0.0658. The van der Waals surface area contributed by atoms with Gasteiger partial charge in [0, 0.05) is 0 Å². The smallest absolute Gasteiger partial charge is 0.479 e. The number of rotatable bonds is 9. The highest BCUT2D eigenvalue weighted by Crippen LogP contribution is 2.58. The monoisotopic (exact) mass is 577 g/mol. The van der Waals surface area contributed by atoms with Crippen LogP contribution in [0.5, 0.6) is 5.75 Å². The molecule has 0 saturated carbocycles. The summed E-state index contributed by atoms with van der Waals surface area (Å²) in [4.78, 5) is 52.9. The van der Waals surface area contributed by atoms with E-state index in [-0.39, 0.29) is 22.5 Å². The summed E-state index contributed by atoms with van der Waals surface area (Å²) in [5.74, 6) is -0.251. The molecular weight excluding hydrogens is 556 g/mol. The predicted octanol–water partition coefficient (Wildman–Crippen LogP) is 0.244. The summed E-state index contributed by atoms with van der Waals surface area (Å²) in [5.41, 5.74) is 6.37. The molecule has 0 aliphatic carbocycles. The minimum Gasteiger partial charge on any atom is -0.497 e. The van der Waals surface area contributed by atoms with Crippen molar-refractivity contribution in [3.63, 3.8) is 0 Å². The van der Waals surface area contributed by atoms with Gasteiger partial charge in [0.05, 0.1) is 25.6 Å². The third-order valence-electron chi connectivity index (χ3n) is 5.15. The molecule has 16 nitrogen and oxygen atoms in total. The third kappa shape index (κ3) is 6.30. The first-order chi connectivity index (χ1) is 17.4. The highest BCUT2D eigenvalue weighted by molar-refractivity contribution is 8.08. The van der Waals surface area contributed by atoms with Gasteiger partial charge in [0.2, 0.25) is 0 Å². The second kappa shape index (κ2) is 10.7. The van der Waals surface area contributed by atoms with Crippen LogP contribution in [0.4, 0.5) is 5.82 Å². The van der Waals surface area contributed by atoms with E-state index in [2.05, 4.69) is 31.1 Å². The van der Waals surface area contributed by atoms with Gasteiger partial charge in [-0.1, -0.05) is 0 Å². The number of esters is 1. The van der Waals surface area contributed by atoms with Crippen LogP contribution in [0.1, 0.15) is 16.6 Å². The topological polar surface area (TPSA) is 231 Å². The molecule has 1 aliphatic rings. The first-order valence-electron chi connectivity index (χ1n) is 10.2. The van der Waals surface area contributed by atoms with Crippen molar-refractivity contribution < 1.29 is 52.2 Å². The lowest BCUT2D eigenvalue weighted by Crippen LogP contribution is -2.37. The highest BCUT2D eigenvalue weighted by Gasteiger charge is 2.49. The van der Waals surface area contributed by atoms with Gasteiger partial charge < -0.3 is 39.7 Å². The molecule has 0 bridgehead atoms. The van der Waals surface area contributed by atoms with E-state index in [9.17, 15) is 19.4 Å². The van der Waals surface area contributed by atoms with Crippen LogP contribution in [0.25, 0.3) is 11.2 Å². The van der Waals surface area contributed by atoms with Crippen LogP contribution in [0.15, 0.2) is 36.9 Å². The normalized spacial score (nSPS) is 23.6. The summed E-state index contributed by atoms with van der Waals surface area (Å²) in [6.45, 7) is -5.33. The molecule has 3 aromatic rings. The Morgan fingerprint density at radius 1 is 1.22 bits per heavy atom. The number of hydrogen-bond donors (Lipinski definition) is 5. The number of hydrogen-bond acceptors (Lipinski definition) is 13. The molecular formula is C18H21N5O11P2S. The molecule has 0 spiro atoms. The Morgan fingerprint density at radius 2 is 1.92 bits per heavy atom. The molecule has 19 heteroatoms. The number of phosphoric acid groups is 1. The minimum atomic E-state index is -5.04. The molecule has 6 N–H and O–H groups in total. The van der Waals surface area contributed by atoms with Crippen LogP contribution >= 0.6 is 14.5 Å². The van der Waals surface area contributed by atoms with E-state index >= 15 is 0 Å². The molecule has 1 aliphatic heterocycles. The molecule has 1 unspecified atom stereocenters. The van der Waals surface area contributed by atoms with Crippen molar-refractivity contribution >= 4 is 49.3 Å². The number of benzene rings is 1. The Bertz CT molecular complexity index is 1380. The summed E-state index contributed by atoms with van der Waals surface area (Å²) in [7, 11) is -3.58. The Labute approximate surface area is 213 Å². The highest BCUT2D eigenvalue weighted by atomic mass is 32.5. The van der Waals surface area contributed by atoms with Crippen molar-refractivity contribution in [2.45, 2.75) is 24.5 Å². The maximum atomic E-state index is 12.9. The van der Waals surface area contributed by atoms with E-state index < -0.39 is 51.7 Å². The lowest BCUT2D eigenvalue weighted by Gasteiger charge is -2.22. The molecule has 1 aromatic carbocycles. The molecule has 0 amide bonds. The van der Waals surface area contributed by atoms with E-state index in [1.807, 2.05) is 0 Å². The number of methoxy groups -OCH3 is 1. The number of nitrogen functional groups attached to an aromatic ring is 1. The van der Waals surface area contributed by atoms with Gasteiger partial charge in [0.25, 0.3) is 0 Å². The number of aliphatic hydroxyl groups is 1. The lowest BCUT2D eigenvalue weighted by molar-refractivity contribution is -0.0557. The average Bonchev–Trinajstić information content (AvgIpc) is 3.38.